The minimum Gasteiger partial charge on any atom is -0.315 e. The molecule has 3 heterocycles. The van der Waals surface area contributed by atoms with E-state index in [2.05, 4.69) is 31.8 Å². The van der Waals surface area contributed by atoms with Gasteiger partial charge in [-0.1, -0.05) is 12.2 Å². The molecule has 2 fully saturated rings. The first kappa shape index (κ1) is 13.3. The number of hydrogen-bond donors (Lipinski definition) is 0. The van der Waals surface area contributed by atoms with Gasteiger partial charge < -0.3 is 9.47 Å². The van der Waals surface area contributed by atoms with Crippen molar-refractivity contribution in [3.05, 3.63) is 23.8 Å². The highest BCUT2D eigenvalue weighted by Gasteiger charge is 2.37. The van der Waals surface area contributed by atoms with E-state index >= 15 is 0 Å². The van der Waals surface area contributed by atoms with Crippen molar-refractivity contribution in [1.29, 1.82) is 0 Å². The van der Waals surface area contributed by atoms with Gasteiger partial charge in [0.25, 0.3) is 0 Å². The number of likely N-dealkylation sites (tertiary alicyclic amines) is 1. The van der Waals surface area contributed by atoms with Crippen molar-refractivity contribution in [3.8, 4) is 0 Å². The zero-order valence-corrected chi connectivity index (χ0v) is 13.3. The second-order valence-corrected chi connectivity index (χ2v) is 7.87. The van der Waals surface area contributed by atoms with Crippen LogP contribution in [0.3, 0.4) is 0 Å². The quantitative estimate of drug-likeness (QED) is 0.805. The number of hydrogen-bond acceptors (Lipinski definition) is 3. The summed E-state index contributed by atoms with van der Waals surface area (Å²) in [4.78, 5) is 2.73. The van der Waals surface area contributed by atoms with Crippen LogP contribution in [0.5, 0.6) is 0 Å². The Morgan fingerprint density at radius 2 is 2.09 bits per heavy atom. The number of nitrogens with zero attached hydrogens (tertiary/aromatic N) is 4. The molecule has 4 nitrogen and oxygen atoms in total. The molecule has 0 radical (unpaired) electrons. The molecule has 4 aliphatic rings. The van der Waals surface area contributed by atoms with E-state index in [0.717, 1.165) is 30.7 Å². The van der Waals surface area contributed by atoms with E-state index in [9.17, 15) is 0 Å². The van der Waals surface area contributed by atoms with Crippen molar-refractivity contribution >= 4 is 0 Å². The zero-order chi connectivity index (χ0) is 14.5. The summed E-state index contributed by atoms with van der Waals surface area (Å²) in [5.74, 6) is 5.81. The largest absolute Gasteiger partial charge is 0.315 e. The number of aromatic nitrogens is 3. The molecular weight excluding hydrogens is 272 g/mol. The molecule has 4 heteroatoms. The summed E-state index contributed by atoms with van der Waals surface area (Å²) in [6, 6.07) is 0. The second kappa shape index (κ2) is 5.19. The second-order valence-electron chi connectivity index (χ2n) is 7.87. The first-order chi connectivity index (χ1) is 10.9. The van der Waals surface area contributed by atoms with Gasteiger partial charge in [0.2, 0.25) is 0 Å². The van der Waals surface area contributed by atoms with Gasteiger partial charge in [-0.15, -0.1) is 10.2 Å². The molecule has 0 aromatic carbocycles. The van der Waals surface area contributed by atoms with E-state index in [-0.39, 0.29) is 0 Å². The molecule has 2 aliphatic carbocycles. The van der Waals surface area contributed by atoms with Gasteiger partial charge in [0.15, 0.2) is 0 Å². The summed E-state index contributed by atoms with van der Waals surface area (Å²) < 4.78 is 2.41. The summed E-state index contributed by atoms with van der Waals surface area (Å²) in [5, 5.41) is 8.96. The topological polar surface area (TPSA) is 34.0 Å². The number of aryl methyl sites for hydroxylation is 1. The van der Waals surface area contributed by atoms with E-state index in [1.165, 1.54) is 63.4 Å². The van der Waals surface area contributed by atoms with Gasteiger partial charge in [-0.05, 0) is 56.4 Å². The Morgan fingerprint density at radius 1 is 1.09 bits per heavy atom. The maximum absolute atomic E-state index is 4.54. The van der Waals surface area contributed by atoms with Crippen molar-refractivity contribution < 1.29 is 0 Å². The van der Waals surface area contributed by atoms with Crippen molar-refractivity contribution in [3.63, 3.8) is 0 Å². The van der Waals surface area contributed by atoms with E-state index in [4.69, 9.17) is 0 Å². The maximum atomic E-state index is 4.54. The molecule has 22 heavy (non-hydrogen) atoms. The molecule has 1 aromatic heterocycles. The van der Waals surface area contributed by atoms with E-state index in [1.807, 2.05) is 0 Å². The molecule has 4 atom stereocenters. The number of allylic oxidation sites excluding steroid dienone is 2. The minimum absolute atomic E-state index is 0.613. The summed E-state index contributed by atoms with van der Waals surface area (Å²) in [5.41, 5.74) is 0. The summed E-state index contributed by atoms with van der Waals surface area (Å²) in [7, 11) is 0. The minimum atomic E-state index is 0.613. The normalized spacial score (nSPS) is 37.1. The molecular formula is C18H26N4. The average molecular weight is 298 g/mol. The lowest BCUT2D eigenvalue weighted by atomic mass is 9.90. The van der Waals surface area contributed by atoms with Crippen LogP contribution in [0.4, 0.5) is 0 Å². The molecule has 0 spiro atoms. The zero-order valence-electron chi connectivity index (χ0n) is 13.3. The van der Waals surface area contributed by atoms with Gasteiger partial charge in [0, 0.05) is 32.0 Å². The van der Waals surface area contributed by atoms with Gasteiger partial charge in [-0.25, -0.2) is 0 Å². The van der Waals surface area contributed by atoms with Crippen LogP contribution in [0.25, 0.3) is 0 Å². The smallest absolute Gasteiger partial charge is 0.137 e. The van der Waals surface area contributed by atoms with Gasteiger partial charge in [-0.2, -0.15) is 0 Å². The van der Waals surface area contributed by atoms with Crippen LogP contribution >= 0.6 is 0 Å². The first-order valence-electron chi connectivity index (χ1n) is 9.19. The fourth-order valence-corrected chi connectivity index (χ4v) is 5.34. The van der Waals surface area contributed by atoms with Crippen molar-refractivity contribution in [2.75, 3.05) is 19.6 Å². The van der Waals surface area contributed by atoms with Gasteiger partial charge in [0.05, 0.1) is 0 Å². The summed E-state index contributed by atoms with van der Waals surface area (Å²) >= 11 is 0. The lowest BCUT2D eigenvalue weighted by Gasteiger charge is -2.35. The van der Waals surface area contributed by atoms with Crippen LogP contribution in [0.2, 0.25) is 0 Å². The van der Waals surface area contributed by atoms with Gasteiger partial charge in [0.1, 0.15) is 11.6 Å². The Bertz CT molecular complexity index is 590. The van der Waals surface area contributed by atoms with E-state index in [1.54, 1.807) is 0 Å². The molecule has 118 valence electrons. The van der Waals surface area contributed by atoms with E-state index in [0.29, 0.717) is 5.92 Å². The standard InChI is InChI=1S/C18H26N4/c1-3-15(18-20-19-17-4-2-8-22(17)18)11-21(7-1)12-16-10-13-5-6-14(16)9-13/h5-6,13-16H,1-4,7-12H2/t13-,14-,15+,16-/m0/s1. The Hall–Kier alpha value is -1.16. The molecule has 1 saturated carbocycles. The fourth-order valence-electron chi connectivity index (χ4n) is 5.34. The highest BCUT2D eigenvalue weighted by atomic mass is 15.3. The number of rotatable bonds is 3. The number of fused-ring (bicyclic) bond motifs is 3. The Kier molecular flexibility index (Phi) is 3.14. The lowest BCUT2D eigenvalue weighted by Crippen LogP contribution is -2.39. The van der Waals surface area contributed by atoms with Crippen LogP contribution in [0.15, 0.2) is 12.2 Å². The molecule has 0 N–H and O–H groups in total. The predicted molar refractivity (Wildman–Crippen MR) is 85.6 cm³/mol. The van der Waals surface area contributed by atoms with Crippen LogP contribution < -0.4 is 0 Å². The van der Waals surface area contributed by atoms with E-state index < -0.39 is 0 Å². The van der Waals surface area contributed by atoms with Crippen LogP contribution in [-0.4, -0.2) is 39.3 Å². The molecule has 5 rings (SSSR count). The predicted octanol–water partition coefficient (Wildman–Crippen LogP) is 2.62. The highest BCUT2D eigenvalue weighted by molar-refractivity contribution is 5.11. The Balaban J connectivity index is 1.27. The third kappa shape index (κ3) is 2.15. The third-order valence-corrected chi connectivity index (χ3v) is 6.42. The molecule has 2 bridgehead atoms. The summed E-state index contributed by atoms with van der Waals surface area (Å²) in [6.07, 6.45) is 12.8. The molecule has 0 unspecified atom stereocenters. The molecule has 1 aromatic rings. The maximum Gasteiger partial charge on any atom is 0.137 e. The molecule has 1 saturated heterocycles. The average Bonchev–Trinajstić information content (AvgIpc) is 3.28. The van der Waals surface area contributed by atoms with Crippen molar-refractivity contribution in [2.45, 2.75) is 51.0 Å². The Morgan fingerprint density at radius 3 is 2.95 bits per heavy atom. The van der Waals surface area contributed by atoms with Gasteiger partial charge >= 0.3 is 0 Å². The molecule has 2 aliphatic heterocycles. The number of piperidine rings is 1. The summed E-state index contributed by atoms with van der Waals surface area (Å²) in [6.45, 7) is 4.94. The van der Waals surface area contributed by atoms with Crippen LogP contribution in [-0.2, 0) is 13.0 Å². The lowest BCUT2D eigenvalue weighted by molar-refractivity contribution is 0.164. The first-order valence-corrected chi connectivity index (χ1v) is 9.19. The Labute approximate surface area is 132 Å². The fraction of sp³-hybridized carbons (Fsp3) is 0.778. The molecule has 0 amide bonds. The SMILES string of the molecule is C1=C[C@H]2C[C@H]1C[C@H]2CN1CCC[C@@H](c2nnc3n2CCC3)C1. The van der Waals surface area contributed by atoms with Crippen LogP contribution in [0.1, 0.15) is 49.7 Å². The highest BCUT2D eigenvalue weighted by Crippen LogP contribution is 2.44. The van der Waals surface area contributed by atoms with Gasteiger partial charge in [-0.3, -0.25) is 0 Å². The van der Waals surface area contributed by atoms with Crippen molar-refractivity contribution in [1.82, 2.24) is 19.7 Å². The van der Waals surface area contributed by atoms with Crippen LogP contribution in [0, 0.1) is 17.8 Å². The monoisotopic (exact) mass is 298 g/mol. The third-order valence-electron chi connectivity index (χ3n) is 6.42. The van der Waals surface area contributed by atoms with Crippen molar-refractivity contribution in [2.24, 2.45) is 17.8 Å².